The largest absolute Gasteiger partial charge is 0.494 e. The van der Waals surface area contributed by atoms with Gasteiger partial charge in [-0.25, -0.2) is 0 Å². The molecule has 7 nitrogen and oxygen atoms in total. The minimum atomic E-state index is 0.138. The van der Waals surface area contributed by atoms with E-state index in [0.717, 1.165) is 11.4 Å². The molecule has 0 fully saturated rings. The summed E-state index contributed by atoms with van der Waals surface area (Å²) in [7, 11) is 0. The van der Waals surface area contributed by atoms with E-state index in [4.69, 9.17) is 15.2 Å². The molecule has 0 atom stereocenters. The smallest absolute Gasteiger partial charge is 0.232 e. The zero-order valence-electron chi connectivity index (χ0n) is 13.8. The molecule has 0 unspecified atom stereocenters. The van der Waals surface area contributed by atoms with Crippen molar-refractivity contribution in [2.75, 3.05) is 17.7 Å². The monoisotopic (exact) mass is 337 g/mol. The molecule has 0 spiro atoms. The average Bonchev–Trinajstić information content (AvgIpc) is 2.62. The zero-order valence-corrected chi connectivity index (χ0v) is 13.8. The number of nitrogens with one attached hydrogen (secondary N) is 1. The molecule has 0 bridgehead atoms. The van der Waals surface area contributed by atoms with Crippen LogP contribution in [0.3, 0.4) is 0 Å². The summed E-state index contributed by atoms with van der Waals surface area (Å²) in [5.74, 6) is 2.45. The summed E-state index contributed by atoms with van der Waals surface area (Å²) in [6.45, 7) is 2.75. The van der Waals surface area contributed by atoms with Crippen molar-refractivity contribution < 1.29 is 9.47 Å². The molecule has 7 heteroatoms. The second-order valence-corrected chi connectivity index (χ2v) is 5.12. The average molecular weight is 337 g/mol. The van der Waals surface area contributed by atoms with Crippen molar-refractivity contribution in [2.45, 2.75) is 13.5 Å². The Morgan fingerprint density at radius 2 is 1.56 bits per heavy atom. The Bertz CT molecular complexity index is 809. The molecule has 0 aliphatic rings. The first kappa shape index (κ1) is 16.5. The van der Waals surface area contributed by atoms with Crippen molar-refractivity contribution in [3.8, 4) is 11.5 Å². The second-order valence-electron chi connectivity index (χ2n) is 5.12. The van der Waals surface area contributed by atoms with Crippen molar-refractivity contribution in [1.29, 1.82) is 0 Å². The molecule has 3 rings (SSSR count). The number of nitrogens with two attached hydrogens (primary N) is 1. The van der Waals surface area contributed by atoms with Crippen LogP contribution in [0.4, 0.5) is 17.6 Å². The number of nitrogen functional groups attached to an aromatic ring is 1. The number of hydrogen-bond acceptors (Lipinski definition) is 7. The number of anilines is 3. The lowest BCUT2D eigenvalue weighted by molar-refractivity contribution is 0.294. The Morgan fingerprint density at radius 1 is 0.880 bits per heavy atom. The number of para-hydroxylation sites is 1. The molecule has 1 aromatic heterocycles. The first-order valence-corrected chi connectivity index (χ1v) is 7.91. The summed E-state index contributed by atoms with van der Waals surface area (Å²) in [4.78, 5) is 12.5. The van der Waals surface area contributed by atoms with E-state index in [9.17, 15) is 0 Å². The lowest BCUT2D eigenvalue weighted by Gasteiger charge is -2.09. The zero-order chi connectivity index (χ0) is 17.5. The van der Waals surface area contributed by atoms with Crippen LogP contribution in [0, 0.1) is 0 Å². The molecule has 25 heavy (non-hydrogen) atoms. The van der Waals surface area contributed by atoms with E-state index in [1.807, 2.05) is 61.5 Å². The van der Waals surface area contributed by atoms with E-state index in [0.29, 0.717) is 24.1 Å². The Hall–Kier alpha value is -3.35. The third-order valence-electron chi connectivity index (χ3n) is 3.23. The van der Waals surface area contributed by atoms with Gasteiger partial charge in [-0.2, -0.15) is 15.0 Å². The SMILES string of the molecule is CCOc1ccc(OCc2nc(N)nc(Nc3ccccc3)n2)cc1. The first-order chi connectivity index (χ1) is 12.2. The van der Waals surface area contributed by atoms with Gasteiger partial charge in [0, 0.05) is 5.69 Å². The van der Waals surface area contributed by atoms with Gasteiger partial charge >= 0.3 is 0 Å². The summed E-state index contributed by atoms with van der Waals surface area (Å²) in [6.07, 6.45) is 0. The minimum absolute atomic E-state index is 0.138. The highest BCUT2D eigenvalue weighted by molar-refractivity contribution is 5.53. The van der Waals surface area contributed by atoms with E-state index >= 15 is 0 Å². The molecule has 3 aromatic rings. The summed E-state index contributed by atoms with van der Waals surface area (Å²) >= 11 is 0. The molecular weight excluding hydrogens is 318 g/mol. The Morgan fingerprint density at radius 3 is 2.24 bits per heavy atom. The number of rotatable bonds is 7. The summed E-state index contributed by atoms with van der Waals surface area (Å²) in [5.41, 5.74) is 6.63. The fraction of sp³-hybridized carbons (Fsp3) is 0.167. The topological polar surface area (TPSA) is 95.2 Å². The van der Waals surface area contributed by atoms with Crippen LogP contribution in [-0.2, 0) is 6.61 Å². The van der Waals surface area contributed by atoms with Gasteiger partial charge in [0.2, 0.25) is 11.9 Å². The van der Waals surface area contributed by atoms with E-state index in [1.165, 1.54) is 0 Å². The highest BCUT2D eigenvalue weighted by Gasteiger charge is 2.06. The van der Waals surface area contributed by atoms with Gasteiger partial charge in [-0.05, 0) is 43.3 Å². The first-order valence-electron chi connectivity index (χ1n) is 7.91. The predicted molar refractivity (Wildman–Crippen MR) is 95.9 cm³/mol. The van der Waals surface area contributed by atoms with Crippen LogP contribution in [0.15, 0.2) is 54.6 Å². The highest BCUT2D eigenvalue weighted by Crippen LogP contribution is 2.19. The van der Waals surface area contributed by atoms with Gasteiger partial charge < -0.3 is 20.5 Å². The van der Waals surface area contributed by atoms with Gasteiger partial charge in [0.1, 0.15) is 18.1 Å². The maximum Gasteiger partial charge on any atom is 0.232 e. The Balaban J connectivity index is 1.66. The quantitative estimate of drug-likeness (QED) is 0.683. The van der Waals surface area contributed by atoms with E-state index in [1.54, 1.807) is 0 Å². The minimum Gasteiger partial charge on any atom is -0.494 e. The number of benzene rings is 2. The van der Waals surface area contributed by atoms with Crippen molar-refractivity contribution in [3.63, 3.8) is 0 Å². The van der Waals surface area contributed by atoms with Crippen molar-refractivity contribution in [1.82, 2.24) is 15.0 Å². The molecule has 2 aromatic carbocycles. The number of hydrogen-bond donors (Lipinski definition) is 2. The molecule has 0 aliphatic carbocycles. The van der Waals surface area contributed by atoms with Gasteiger partial charge in [-0.3, -0.25) is 0 Å². The van der Waals surface area contributed by atoms with Gasteiger partial charge in [0.15, 0.2) is 5.82 Å². The molecule has 0 aliphatic heterocycles. The summed E-state index contributed by atoms with van der Waals surface area (Å²) in [5, 5.41) is 3.09. The van der Waals surface area contributed by atoms with Crippen LogP contribution >= 0.6 is 0 Å². The van der Waals surface area contributed by atoms with Crippen LogP contribution < -0.4 is 20.5 Å². The Kier molecular flexibility index (Phi) is 5.26. The predicted octanol–water partition coefficient (Wildman–Crippen LogP) is 3.18. The Labute approximate surface area is 145 Å². The molecule has 0 saturated carbocycles. The molecule has 1 heterocycles. The normalized spacial score (nSPS) is 10.3. The molecule has 0 amide bonds. The standard InChI is InChI=1S/C18H19N5O2/c1-2-24-14-8-10-15(11-9-14)25-12-16-21-17(19)23-18(22-16)20-13-6-4-3-5-7-13/h3-11H,2,12H2,1H3,(H3,19,20,21,22,23). The van der Waals surface area contributed by atoms with E-state index in [-0.39, 0.29) is 12.6 Å². The lowest BCUT2D eigenvalue weighted by Crippen LogP contribution is -2.09. The van der Waals surface area contributed by atoms with Crippen LogP contribution in [-0.4, -0.2) is 21.6 Å². The number of nitrogens with zero attached hydrogens (tertiary/aromatic N) is 3. The third-order valence-corrected chi connectivity index (χ3v) is 3.23. The van der Waals surface area contributed by atoms with Gasteiger partial charge in [0.05, 0.1) is 6.61 Å². The maximum absolute atomic E-state index is 5.76. The number of aromatic nitrogens is 3. The van der Waals surface area contributed by atoms with Gasteiger partial charge in [-0.15, -0.1) is 0 Å². The van der Waals surface area contributed by atoms with E-state index < -0.39 is 0 Å². The van der Waals surface area contributed by atoms with Crippen LogP contribution in [0.5, 0.6) is 11.5 Å². The lowest BCUT2D eigenvalue weighted by atomic mass is 10.3. The van der Waals surface area contributed by atoms with Gasteiger partial charge in [-0.1, -0.05) is 18.2 Å². The maximum atomic E-state index is 5.76. The van der Waals surface area contributed by atoms with E-state index in [2.05, 4.69) is 20.3 Å². The summed E-state index contributed by atoms with van der Waals surface area (Å²) in [6, 6.07) is 17.0. The van der Waals surface area contributed by atoms with Crippen LogP contribution in [0.25, 0.3) is 0 Å². The van der Waals surface area contributed by atoms with Crippen molar-refractivity contribution >= 4 is 17.6 Å². The van der Waals surface area contributed by atoms with Crippen LogP contribution in [0.2, 0.25) is 0 Å². The molecular formula is C18H19N5O2. The molecule has 0 saturated heterocycles. The third kappa shape index (κ3) is 4.81. The fourth-order valence-corrected chi connectivity index (χ4v) is 2.16. The van der Waals surface area contributed by atoms with Crippen molar-refractivity contribution in [2.24, 2.45) is 0 Å². The second kappa shape index (κ2) is 7.96. The van der Waals surface area contributed by atoms with Gasteiger partial charge in [0.25, 0.3) is 0 Å². The number of ether oxygens (including phenoxy) is 2. The van der Waals surface area contributed by atoms with Crippen molar-refractivity contribution in [3.05, 3.63) is 60.4 Å². The molecule has 3 N–H and O–H groups in total. The fourth-order valence-electron chi connectivity index (χ4n) is 2.16. The highest BCUT2D eigenvalue weighted by atomic mass is 16.5. The molecule has 128 valence electrons. The summed E-state index contributed by atoms with van der Waals surface area (Å²) < 4.78 is 11.1. The van der Waals surface area contributed by atoms with Crippen LogP contribution in [0.1, 0.15) is 12.7 Å². The molecule has 0 radical (unpaired) electrons.